The van der Waals surface area contributed by atoms with Gasteiger partial charge in [0, 0.05) is 26.0 Å². The largest absolute Gasteiger partial charge is 0.467 e. The molecule has 0 aliphatic carbocycles. The van der Waals surface area contributed by atoms with Crippen LogP contribution in [-0.2, 0) is 27.4 Å². The molecular formula is C23H24N6O4. The van der Waals surface area contributed by atoms with Crippen LogP contribution >= 0.6 is 0 Å². The molecule has 1 N–H and O–H groups in total. The Morgan fingerprint density at radius 3 is 2.73 bits per heavy atom. The van der Waals surface area contributed by atoms with E-state index in [1.165, 1.54) is 15.8 Å². The lowest BCUT2D eigenvalue weighted by Gasteiger charge is -2.30. The number of carbonyl (C=O) groups is 2. The van der Waals surface area contributed by atoms with Crippen LogP contribution in [0.15, 0.2) is 71.6 Å². The van der Waals surface area contributed by atoms with Crippen LogP contribution in [0, 0.1) is 0 Å². The van der Waals surface area contributed by atoms with Gasteiger partial charge in [-0.25, -0.2) is 4.68 Å². The number of hydrogen-bond donors (Lipinski definition) is 1. The summed E-state index contributed by atoms with van der Waals surface area (Å²) >= 11 is 0. The lowest BCUT2D eigenvalue weighted by molar-refractivity contribution is -0.142. The molecular weight excluding hydrogens is 424 g/mol. The summed E-state index contributed by atoms with van der Waals surface area (Å²) in [7, 11) is 1.56. The van der Waals surface area contributed by atoms with Gasteiger partial charge < -0.3 is 19.4 Å². The van der Waals surface area contributed by atoms with Crippen LogP contribution in [0.2, 0.25) is 0 Å². The first kappa shape index (κ1) is 22.2. The first-order valence-electron chi connectivity index (χ1n) is 10.4. The zero-order valence-electron chi connectivity index (χ0n) is 18.1. The van der Waals surface area contributed by atoms with E-state index in [0.29, 0.717) is 30.0 Å². The first-order valence-corrected chi connectivity index (χ1v) is 10.4. The summed E-state index contributed by atoms with van der Waals surface area (Å²) in [6, 6.07) is 13.4. The topological polar surface area (TPSA) is 115 Å². The summed E-state index contributed by atoms with van der Waals surface area (Å²) < 4.78 is 12.1. The van der Waals surface area contributed by atoms with Gasteiger partial charge in [0.2, 0.25) is 11.8 Å². The summed E-state index contributed by atoms with van der Waals surface area (Å²) in [5.41, 5.74) is 2.04. The fraction of sp³-hybridized carbons (Fsp3) is 0.261. The number of hydrogen-bond acceptors (Lipinski definition) is 7. The first-order chi connectivity index (χ1) is 16.2. The highest BCUT2D eigenvalue weighted by Gasteiger charge is 2.32. The van der Waals surface area contributed by atoms with E-state index in [1.54, 1.807) is 43.8 Å². The second-order valence-electron chi connectivity index (χ2n) is 7.30. The van der Waals surface area contributed by atoms with Crippen molar-refractivity contribution in [2.45, 2.75) is 19.1 Å². The van der Waals surface area contributed by atoms with E-state index in [9.17, 15) is 9.59 Å². The summed E-state index contributed by atoms with van der Waals surface area (Å²) in [5.74, 6) is -0.0945. The van der Waals surface area contributed by atoms with Crippen LogP contribution in [0.5, 0.6) is 0 Å². The second kappa shape index (κ2) is 10.5. The van der Waals surface area contributed by atoms with Crippen molar-refractivity contribution in [1.82, 2.24) is 30.2 Å². The molecule has 0 saturated carbocycles. The van der Waals surface area contributed by atoms with Crippen molar-refractivity contribution in [3.05, 3.63) is 78.5 Å². The quantitative estimate of drug-likeness (QED) is 0.369. The standard InChI is InChI=1S/C23H24N6O4/c1-32-14-12-25-23(31)22(17-8-10-24-11-9-17)28(15-18-5-4-13-33-18)21(30)16-29-20-7-3-2-6-19(20)26-27-29/h2-11,13,22H,12,14-16H2,1H3,(H,25,31)/t22-/m1/s1. The van der Waals surface area contributed by atoms with E-state index >= 15 is 0 Å². The normalized spacial score (nSPS) is 11.9. The minimum atomic E-state index is -0.905. The Hall–Kier alpha value is -4.05. The number of aromatic nitrogens is 4. The average molecular weight is 448 g/mol. The number of methoxy groups -OCH3 is 1. The van der Waals surface area contributed by atoms with Crippen molar-refractivity contribution in [3.63, 3.8) is 0 Å². The number of fused-ring (bicyclic) bond motifs is 1. The van der Waals surface area contributed by atoms with Crippen LogP contribution in [0.4, 0.5) is 0 Å². The molecule has 170 valence electrons. The van der Waals surface area contributed by atoms with Crippen molar-refractivity contribution < 1.29 is 18.7 Å². The number of rotatable bonds is 10. The maximum atomic E-state index is 13.6. The van der Waals surface area contributed by atoms with E-state index in [1.807, 2.05) is 24.3 Å². The summed E-state index contributed by atoms with van der Waals surface area (Å²) in [6.45, 7) is 0.677. The molecule has 33 heavy (non-hydrogen) atoms. The molecule has 10 heteroatoms. The third kappa shape index (κ3) is 5.24. The maximum Gasteiger partial charge on any atom is 0.247 e. The fourth-order valence-electron chi connectivity index (χ4n) is 3.54. The van der Waals surface area contributed by atoms with Gasteiger partial charge in [-0.1, -0.05) is 17.3 Å². The molecule has 0 aliphatic heterocycles. The van der Waals surface area contributed by atoms with Crippen LogP contribution in [0.1, 0.15) is 17.4 Å². The molecule has 4 rings (SSSR count). The molecule has 3 aromatic heterocycles. The third-order valence-electron chi connectivity index (χ3n) is 5.12. The van der Waals surface area contributed by atoms with E-state index in [0.717, 1.165) is 5.52 Å². The molecule has 10 nitrogen and oxygen atoms in total. The van der Waals surface area contributed by atoms with Crippen molar-refractivity contribution in [1.29, 1.82) is 0 Å². The highest BCUT2D eigenvalue weighted by atomic mass is 16.5. The molecule has 1 aromatic carbocycles. The van der Waals surface area contributed by atoms with Gasteiger partial charge >= 0.3 is 0 Å². The summed E-state index contributed by atoms with van der Waals surface area (Å²) in [5, 5.41) is 11.1. The summed E-state index contributed by atoms with van der Waals surface area (Å²) in [6.07, 6.45) is 4.71. The zero-order valence-corrected chi connectivity index (χ0v) is 18.1. The number of amides is 2. The number of nitrogens with one attached hydrogen (secondary N) is 1. The van der Waals surface area contributed by atoms with Gasteiger partial charge in [0.1, 0.15) is 23.9 Å². The van der Waals surface area contributed by atoms with Gasteiger partial charge in [0.15, 0.2) is 0 Å². The van der Waals surface area contributed by atoms with Gasteiger partial charge in [-0.3, -0.25) is 14.6 Å². The predicted molar refractivity (Wildman–Crippen MR) is 119 cm³/mol. The highest BCUT2D eigenvalue weighted by Crippen LogP contribution is 2.24. The van der Waals surface area contributed by atoms with E-state index in [4.69, 9.17) is 9.15 Å². The third-order valence-corrected chi connectivity index (χ3v) is 5.12. The van der Waals surface area contributed by atoms with Gasteiger partial charge in [0.05, 0.1) is 24.9 Å². The number of carbonyl (C=O) groups excluding carboxylic acids is 2. The molecule has 2 amide bonds. The maximum absolute atomic E-state index is 13.6. The Morgan fingerprint density at radius 2 is 1.97 bits per heavy atom. The molecule has 0 fully saturated rings. The van der Waals surface area contributed by atoms with E-state index in [-0.39, 0.29) is 24.9 Å². The van der Waals surface area contributed by atoms with Crippen LogP contribution in [0.25, 0.3) is 11.0 Å². The van der Waals surface area contributed by atoms with Gasteiger partial charge in [-0.15, -0.1) is 5.10 Å². The molecule has 3 heterocycles. The lowest BCUT2D eigenvalue weighted by atomic mass is 10.0. The van der Waals surface area contributed by atoms with E-state index in [2.05, 4.69) is 20.6 Å². The number of benzene rings is 1. The van der Waals surface area contributed by atoms with Crippen LogP contribution < -0.4 is 5.32 Å². The van der Waals surface area contributed by atoms with Crippen LogP contribution in [0.3, 0.4) is 0 Å². The second-order valence-corrected chi connectivity index (χ2v) is 7.30. The van der Waals surface area contributed by atoms with Crippen molar-refractivity contribution in [2.75, 3.05) is 20.3 Å². The minimum Gasteiger partial charge on any atom is -0.467 e. The van der Waals surface area contributed by atoms with Crippen molar-refractivity contribution >= 4 is 22.8 Å². The Bertz CT molecular complexity index is 1190. The number of ether oxygens (including phenoxy) is 1. The van der Waals surface area contributed by atoms with Gasteiger partial charge in [0.25, 0.3) is 0 Å². The number of furan rings is 1. The molecule has 0 spiro atoms. The van der Waals surface area contributed by atoms with Crippen molar-refractivity contribution in [3.8, 4) is 0 Å². The highest BCUT2D eigenvalue weighted by molar-refractivity contribution is 5.89. The molecule has 0 bridgehead atoms. The SMILES string of the molecule is COCCNC(=O)[C@@H](c1ccncc1)N(Cc1ccco1)C(=O)Cn1nnc2ccccc21. The number of pyridine rings is 1. The van der Waals surface area contributed by atoms with Gasteiger partial charge in [-0.05, 0) is 42.0 Å². The number of para-hydroxylation sites is 1. The predicted octanol–water partition coefficient (Wildman–Crippen LogP) is 1.95. The molecule has 0 saturated heterocycles. The molecule has 1 atom stereocenters. The Morgan fingerprint density at radius 1 is 1.15 bits per heavy atom. The summed E-state index contributed by atoms with van der Waals surface area (Å²) in [4.78, 5) is 32.4. The molecule has 0 unspecified atom stereocenters. The average Bonchev–Trinajstić information content (AvgIpc) is 3.50. The van der Waals surface area contributed by atoms with Crippen LogP contribution in [-0.4, -0.2) is 57.0 Å². The molecule has 0 radical (unpaired) electrons. The Kier molecular flexibility index (Phi) is 7.06. The molecule has 4 aromatic rings. The van der Waals surface area contributed by atoms with Crippen molar-refractivity contribution in [2.24, 2.45) is 0 Å². The van der Waals surface area contributed by atoms with Gasteiger partial charge in [-0.2, -0.15) is 0 Å². The minimum absolute atomic E-state index is 0.0891. The lowest BCUT2D eigenvalue weighted by Crippen LogP contribution is -2.45. The number of nitrogens with zero attached hydrogens (tertiary/aromatic N) is 5. The smallest absolute Gasteiger partial charge is 0.247 e. The Balaban J connectivity index is 1.68. The fourth-order valence-corrected chi connectivity index (χ4v) is 3.54. The Labute approximate surface area is 190 Å². The zero-order chi connectivity index (χ0) is 23.0. The van der Waals surface area contributed by atoms with E-state index < -0.39 is 6.04 Å². The monoisotopic (exact) mass is 448 g/mol. The molecule has 0 aliphatic rings.